The van der Waals surface area contributed by atoms with Crippen LogP contribution < -0.4 is 5.73 Å². The van der Waals surface area contributed by atoms with Gasteiger partial charge in [-0.25, -0.2) is 4.79 Å². The summed E-state index contributed by atoms with van der Waals surface area (Å²) in [7, 11) is 1.81. The maximum Gasteiger partial charge on any atom is 0.340 e. The van der Waals surface area contributed by atoms with E-state index >= 15 is 0 Å². The van der Waals surface area contributed by atoms with Crippen molar-refractivity contribution in [2.45, 2.75) is 13.5 Å². The predicted octanol–water partition coefficient (Wildman–Crippen LogP) is 1.67. The lowest BCUT2D eigenvalue weighted by molar-refractivity contribution is 0.0473. The standard InChI is InChI=1S/C13H15N3O2/c1-9-4-3-5-11(14)12(9)13(17)18-8-10-6-15-16(2)7-10/h3-7H,8,14H2,1-2H3. The van der Waals surface area contributed by atoms with Crippen LogP contribution in [0.15, 0.2) is 30.6 Å². The number of hydrogen-bond donors (Lipinski definition) is 1. The van der Waals surface area contributed by atoms with Crippen molar-refractivity contribution in [3.8, 4) is 0 Å². The van der Waals surface area contributed by atoms with Crippen molar-refractivity contribution >= 4 is 11.7 Å². The number of hydrogen-bond acceptors (Lipinski definition) is 4. The Labute approximate surface area is 105 Å². The summed E-state index contributed by atoms with van der Waals surface area (Å²) >= 11 is 0. The number of nitrogen functional groups attached to an aromatic ring is 1. The fourth-order valence-corrected chi connectivity index (χ4v) is 1.74. The zero-order valence-corrected chi connectivity index (χ0v) is 10.4. The van der Waals surface area contributed by atoms with Crippen molar-refractivity contribution in [2.24, 2.45) is 7.05 Å². The van der Waals surface area contributed by atoms with Gasteiger partial charge in [-0.3, -0.25) is 4.68 Å². The Morgan fingerprint density at radius 2 is 2.28 bits per heavy atom. The number of aromatic nitrogens is 2. The molecule has 0 aliphatic carbocycles. The normalized spacial score (nSPS) is 10.3. The maximum atomic E-state index is 11.9. The number of nitrogens with two attached hydrogens (primary N) is 1. The number of carbonyl (C=O) groups is 1. The Morgan fingerprint density at radius 1 is 1.50 bits per heavy atom. The van der Waals surface area contributed by atoms with Crippen LogP contribution in [0.3, 0.4) is 0 Å². The summed E-state index contributed by atoms with van der Waals surface area (Å²) in [5.74, 6) is -0.408. The van der Waals surface area contributed by atoms with E-state index in [2.05, 4.69) is 5.10 Å². The third-order valence-electron chi connectivity index (χ3n) is 2.64. The van der Waals surface area contributed by atoms with Gasteiger partial charge in [0, 0.05) is 24.5 Å². The second-order valence-electron chi connectivity index (χ2n) is 4.14. The first kappa shape index (κ1) is 12.2. The third kappa shape index (κ3) is 2.51. The Hall–Kier alpha value is -2.30. The van der Waals surface area contributed by atoms with Crippen LogP contribution in [0, 0.1) is 6.92 Å². The molecule has 2 rings (SSSR count). The molecule has 0 fully saturated rings. The van der Waals surface area contributed by atoms with Crippen molar-refractivity contribution in [1.29, 1.82) is 0 Å². The molecule has 94 valence electrons. The molecule has 2 N–H and O–H groups in total. The monoisotopic (exact) mass is 245 g/mol. The summed E-state index contributed by atoms with van der Waals surface area (Å²) in [5.41, 5.74) is 8.30. The summed E-state index contributed by atoms with van der Waals surface area (Å²) < 4.78 is 6.87. The molecule has 0 spiro atoms. The lowest BCUT2D eigenvalue weighted by Gasteiger charge is -2.08. The van der Waals surface area contributed by atoms with Crippen molar-refractivity contribution < 1.29 is 9.53 Å². The van der Waals surface area contributed by atoms with E-state index in [9.17, 15) is 4.79 Å². The molecule has 0 saturated heterocycles. The number of aryl methyl sites for hydroxylation is 2. The fraction of sp³-hybridized carbons (Fsp3) is 0.231. The van der Waals surface area contributed by atoms with Gasteiger partial charge >= 0.3 is 5.97 Å². The Morgan fingerprint density at radius 3 is 2.89 bits per heavy atom. The zero-order chi connectivity index (χ0) is 13.1. The molecular formula is C13H15N3O2. The molecule has 2 aromatic rings. The quantitative estimate of drug-likeness (QED) is 0.659. The molecule has 0 atom stereocenters. The number of nitrogens with zero attached hydrogens (tertiary/aromatic N) is 2. The fourth-order valence-electron chi connectivity index (χ4n) is 1.74. The summed E-state index contributed by atoms with van der Waals surface area (Å²) in [6.45, 7) is 2.03. The third-order valence-corrected chi connectivity index (χ3v) is 2.64. The van der Waals surface area contributed by atoms with E-state index in [0.717, 1.165) is 11.1 Å². The molecule has 1 heterocycles. The van der Waals surface area contributed by atoms with Gasteiger partial charge in [0.2, 0.25) is 0 Å². The number of ether oxygens (including phenoxy) is 1. The largest absolute Gasteiger partial charge is 0.457 e. The van der Waals surface area contributed by atoms with Crippen LogP contribution >= 0.6 is 0 Å². The summed E-state index contributed by atoms with van der Waals surface area (Å²) in [6.07, 6.45) is 3.46. The van der Waals surface area contributed by atoms with Gasteiger partial charge in [0.15, 0.2) is 0 Å². The van der Waals surface area contributed by atoms with Gasteiger partial charge in [-0.15, -0.1) is 0 Å². The molecule has 0 aliphatic heterocycles. The Balaban J connectivity index is 2.08. The highest BCUT2D eigenvalue weighted by Crippen LogP contribution is 2.17. The van der Waals surface area contributed by atoms with Crippen LogP contribution in [0.25, 0.3) is 0 Å². The van der Waals surface area contributed by atoms with E-state index < -0.39 is 5.97 Å². The minimum atomic E-state index is -0.408. The summed E-state index contributed by atoms with van der Waals surface area (Å²) in [6, 6.07) is 5.33. The van der Waals surface area contributed by atoms with Crippen LogP contribution in [-0.2, 0) is 18.4 Å². The van der Waals surface area contributed by atoms with Crippen molar-refractivity contribution in [3.05, 3.63) is 47.3 Å². The molecular weight excluding hydrogens is 230 g/mol. The van der Waals surface area contributed by atoms with Crippen LogP contribution in [0.1, 0.15) is 21.5 Å². The lowest BCUT2D eigenvalue weighted by atomic mass is 10.1. The Bertz CT molecular complexity index is 555. The average molecular weight is 245 g/mol. The van der Waals surface area contributed by atoms with Crippen molar-refractivity contribution in [3.63, 3.8) is 0 Å². The second-order valence-corrected chi connectivity index (χ2v) is 4.14. The van der Waals surface area contributed by atoms with Crippen LogP contribution in [-0.4, -0.2) is 15.7 Å². The summed E-state index contributed by atoms with van der Waals surface area (Å²) in [5, 5.41) is 4.00. The van der Waals surface area contributed by atoms with E-state index in [0.29, 0.717) is 11.3 Å². The lowest BCUT2D eigenvalue weighted by Crippen LogP contribution is -2.10. The van der Waals surface area contributed by atoms with Gasteiger partial charge in [0.25, 0.3) is 0 Å². The van der Waals surface area contributed by atoms with E-state index in [1.54, 1.807) is 23.1 Å². The van der Waals surface area contributed by atoms with Gasteiger partial charge in [-0.05, 0) is 18.6 Å². The summed E-state index contributed by atoms with van der Waals surface area (Å²) in [4.78, 5) is 11.9. The van der Waals surface area contributed by atoms with Gasteiger partial charge in [-0.1, -0.05) is 12.1 Å². The number of anilines is 1. The number of rotatable bonds is 3. The SMILES string of the molecule is Cc1cccc(N)c1C(=O)OCc1cnn(C)c1. The highest BCUT2D eigenvalue weighted by atomic mass is 16.5. The number of esters is 1. The molecule has 1 aromatic heterocycles. The minimum Gasteiger partial charge on any atom is -0.457 e. The zero-order valence-electron chi connectivity index (χ0n) is 10.4. The highest BCUT2D eigenvalue weighted by Gasteiger charge is 2.14. The molecule has 0 saturated carbocycles. The minimum absolute atomic E-state index is 0.195. The molecule has 5 nitrogen and oxygen atoms in total. The smallest absolute Gasteiger partial charge is 0.340 e. The molecule has 0 bridgehead atoms. The van der Waals surface area contributed by atoms with E-state index in [1.165, 1.54) is 0 Å². The van der Waals surface area contributed by atoms with E-state index in [4.69, 9.17) is 10.5 Å². The van der Waals surface area contributed by atoms with Crippen LogP contribution in [0.2, 0.25) is 0 Å². The molecule has 0 unspecified atom stereocenters. The molecule has 0 radical (unpaired) electrons. The average Bonchev–Trinajstić information content (AvgIpc) is 2.72. The molecule has 1 aromatic carbocycles. The molecule has 0 aliphatic rings. The number of carbonyl (C=O) groups excluding carboxylic acids is 1. The van der Waals surface area contributed by atoms with Gasteiger partial charge in [0.05, 0.1) is 11.8 Å². The first-order valence-electron chi connectivity index (χ1n) is 5.57. The number of benzene rings is 1. The van der Waals surface area contributed by atoms with Gasteiger partial charge in [-0.2, -0.15) is 5.10 Å². The second kappa shape index (κ2) is 4.91. The highest BCUT2D eigenvalue weighted by molar-refractivity contribution is 5.96. The first-order chi connectivity index (χ1) is 8.58. The van der Waals surface area contributed by atoms with Crippen molar-refractivity contribution in [1.82, 2.24) is 9.78 Å². The maximum absolute atomic E-state index is 11.9. The predicted molar refractivity (Wildman–Crippen MR) is 67.9 cm³/mol. The molecule has 18 heavy (non-hydrogen) atoms. The topological polar surface area (TPSA) is 70.1 Å². The van der Waals surface area contributed by atoms with Crippen LogP contribution in [0.4, 0.5) is 5.69 Å². The van der Waals surface area contributed by atoms with Gasteiger partial charge < -0.3 is 10.5 Å². The van der Waals surface area contributed by atoms with E-state index in [1.807, 2.05) is 26.1 Å². The molecule has 0 amide bonds. The van der Waals surface area contributed by atoms with Crippen LogP contribution in [0.5, 0.6) is 0 Å². The van der Waals surface area contributed by atoms with Crippen molar-refractivity contribution in [2.75, 3.05) is 5.73 Å². The molecule has 5 heteroatoms. The van der Waals surface area contributed by atoms with E-state index in [-0.39, 0.29) is 6.61 Å². The Kier molecular flexibility index (Phi) is 3.32. The first-order valence-corrected chi connectivity index (χ1v) is 5.57. The van der Waals surface area contributed by atoms with Gasteiger partial charge in [0.1, 0.15) is 6.61 Å².